The van der Waals surface area contributed by atoms with Crippen molar-refractivity contribution in [3.05, 3.63) is 0 Å². The average Bonchev–Trinajstić information content (AvgIpc) is 2.69. The summed E-state index contributed by atoms with van der Waals surface area (Å²) in [6.07, 6.45) is -0.241. The number of amides is 1. The van der Waals surface area contributed by atoms with Crippen molar-refractivity contribution in [1.82, 2.24) is 4.90 Å². The molecule has 0 aromatic heterocycles. The molecule has 98 valence electrons. The lowest BCUT2D eigenvalue weighted by molar-refractivity contribution is -0.116. The molecule has 8 heteroatoms. The van der Waals surface area contributed by atoms with Crippen LogP contribution in [-0.2, 0) is 14.6 Å². The zero-order valence-electron chi connectivity index (χ0n) is 9.87. The number of nitriles is 1. The van der Waals surface area contributed by atoms with Gasteiger partial charge in [0.25, 0.3) is 5.91 Å². The third kappa shape index (κ3) is 2.52. The molecule has 0 aromatic carbocycles. The standard InChI is InChI=1S/C10H13N3O3S2/c1-2-13-7-5-18(15,16)6-8(7)17-10(13)12-9(14)3-4-11/h7-8H,2-3,5-6H2,1H3. The smallest absolute Gasteiger partial charge is 0.262 e. The van der Waals surface area contributed by atoms with Gasteiger partial charge >= 0.3 is 0 Å². The van der Waals surface area contributed by atoms with E-state index < -0.39 is 15.7 Å². The lowest BCUT2D eigenvalue weighted by Crippen LogP contribution is -2.37. The van der Waals surface area contributed by atoms with Crippen molar-refractivity contribution in [2.45, 2.75) is 24.6 Å². The van der Waals surface area contributed by atoms with Gasteiger partial charge < -0.3 is 4.90 Å². The molecule has 18 heavy (non-hydrogen) atoms. The van der Waals surface area contributed by atoms with Crippen LogP contribution in [0.5, 0.6) is 0 Å². The van der Waals surface area contributed by atoms with Crippen LogP contribution in [0.3, 0.4) is 0 Å². The van der Waals surface area contributed by atoms with Crippen LogP contribution < -0.4 is 0 Å². The largest absolute Gasteiger partial charge is 0.346 e. The second kappa shape index (κ2) is 4.90. The molecule has 2 atom stereocenters. The summed E-state index contributed by atoms with van der Waals surface area (Å²) >= 11 is 1.34. The fourth-order valence-corrected chi connectivity index (χ4v) is 6.25. The SMILES string of the molecule is CCN1C(=NC(=O)CC#N)SC2CS(=O)(=O)CC21. The summed E-state index contributed by atoms with van der Waals surface area (Å²) in [7, 11) is -2.97. The number of hydrogen-bond donors (Lipinski definition) is 0. The average molecular weight is 287 g/mol. The summed E-state index contributed by atoms with van der Waals surface area (Å²) in [5, 5.41) is 8.94. The summed E-state index contributed by atoms with van der Waals surface area (Å²) < 4.78 is 23.1. The molecule has 0 spiro atoms. The second-order valence-electron chi connectivity index (χ2n) is 4.21. The second-order valence-corrected chi connectivity index (χ2v) is 7.57. The normalized spacial score (nSPS) is 31.3. The van der Waals surface area contributed by atoms with Gasteiger partial charge in [0.2, 0.25) is 0 Å². The van der Waals surface area contributed by atoms with Gasteiger partial charge in [-0.1, -0.05) is 11.8 Å². The van der Waals surface area contributed by atoms with Crippen LogP contribution >= 0.6 is 11.8 Å². The number of amidine groups is 1. The number of fused-ring (bicyclic) bond motifs is 1. The molecular weight excluding hydrogens is 274 g/mol. The molecule has 2 fully saturated rings. The first-order chi connectivity index (χ1) is 8.46. The molecule has 2 unspecified atom stereocenters. The third-order valence-electron chi connectivity index (χ3n) is 2.97. The lowest BCUT2D eigenvalue weighted by atomic mass is 10.2. The highest BCUT2D eigenvalue weighted by Gasteiger charge is 2.48. The number of carbonyl (C=O) groups is 1. The highest BCUT2D eigenvalue weighted by atomic mass is 32.2. The van der Waals surface area contributed by atoms with Gasteiger partial charge in [-0.25, -0.2) is 8.42 Å². The Hall–Kier alpha value is -1.07. The molecule has 0 N–H and O–H groups in total. The van der Waals surface area contributed by atoms with Crippen molar-refractivity contribution in [3.8, 4) is 6.07 Å². The van der Waals surface area contributed by atoms with E-state index in [1.54, 1.807) is 6.07 Å². The highest BCUT2D eigenvalue weighted by molar-refractivity contribution is 8.15. The van der Waals surface area contributed by atoms with Gasteiger partial charge in [0.05, 0.1) is 23.6 Å². The van der Waals surface area contributed by atoms with Crippen molar-refractivity contribution < 1.29 is 13.2 Å². The van der Waals surface area contributed by atoms with E-state index in [0.29, 0.717) is 11.7 Å². The number of sulfone groups is 1. The Labute approximate surface area is 110 Å². The van der Waals surface area contributed by atoms with Crippen molar-refractivity contribution in [2.24, 2.45) is 4.99 Å². The molecule has 0 radical (unpaired) electrons. The first kappa shape index (κ1) is 13.4. The molecule has 0 aromatic rings. The van der Waals surface area contributed by atoms with E-state index in [4.69, 9.17) is 5.26 Å². The number of hydrogen-bond acceptors (Lipinski definition) is 5. The molecule has 1 amide bonds. The van der Waals surface area contributed by atoms with E-state index in [0.717, 1.165) is 0 Å². The topological polar surface area (TPSA) is 90.6 Å². The van der Waals surface area contributed by atoms with Gasteiger partial charge in [-0.15, -0.1) is 0 Å². The Morgan fingerprint density at radius 3 is 2.94 bits per heavy atom. The Kier molecular flexibility index (Phi) is 3.64. The predicted octanol–water partition coefficient (Wildman–Crippen LogP) is 0.0170. The zero-order valence-corrected chi connectivity index (χ0v) is 11.5. The van der Waals surface area contributed by atoms with E-state index in [-0.39, 0.29) is 29.2 Å². The quantitative estimate of drug-likeness (QED) is 0.711. The van der Waals surface area contributed by atoms with Gasteiger partial charge in [0, 0.05) is 11.8 Å². The monoisotopic (exact) mass is 287 g/mol. The molecule has 2 saturated heterocycles. The maximum absolute atomic E-state index is 11.5. The number of thioether (sulfide) groups is 1. The van der Waals surface area contributed by atoms with Gasteiger partial charge in [0.1, 0.15) is 6.42 Å². The fourth-order valence-electron chi connectivity index (χ4n) is 2.22. The number of rotatable bonds is 2. The molecule has 2 rings (SSSR count). The highest BCUT2D eigenvalue weighted by Crippen LogP contribution is 2.37. The van der Waals surface area contributed by atoms with E-state index in [9.17, 15) is 13.2 Å². The number of aliphatic imine (C=N–C) groups is 1. The Bertz CT molecular complexity index is 535. The number of nitrogens with zero attached hydrogens (tertiary/aromatic N) is 3. The summed E-state index contributed by atoms with van der Waals surface area (Å²) in [6.45, 7) is 2.51. The van der Waals surface area contributed by atoms with Gasteiger partial charge in [-0.05, 0) is 6.92 Å². The van der Waals surface area contributed by atoms with Crippen LogP contribution in [-0.4, -0.2) is 53.7 Å². The minimum absolute atomic E-state index is 0.0383. The zero-order chi connectivity index (χ0) is 13.3. The minimum Gasteiger partial charge on any atom is -0.346 e. The maximum Gasteiger partial charge on any atom is 0.262 e. The summed E-state index contributed by atoms with van der Waals surface area (Å²) in [6, 6.07) is 1.67. The maximum atomic E-state index is 11.5. The van der Waals surface area contributed by atoms with Crippen LogP contribution in [0.1, 0.15) is 13.3 Å². The third-order valence-corrected chi connectivity index (χ3v) is 6.21. The van der Waals surface area contributed by atoms with Crippen molar-refractivity contribution in [2.75, 3.05) is 18.1 Å². The molecule has 0 bridgehead atoms. The van der Waals surface area contributed by atoms with Crippen molar-refractivity contribution in [3.63, 3.8) is 0 Å². The first-order valence-electron chi connectivity index (χ1n) is 5.59. The van der Waals surface area contributed by atoms with Crippen LogP contribution in [0.4, 0.5) is 0 Å². The summed E-state index contributed by atoms with van der Waals surface area (Å²) in [5.41, 5.74) is 0. The van der Waals surface area contributed by atoms with Crippen molar-refractivity contribution >= 4 is 32.7 Å². The van der Waals surface area contributed by atoms with Crippen LogP contribution in [0.25, 0.3) is 0 Å². The lowest BCUT2D eigenvalue weighted by Gasteiger charge is -2.21. The molecule has 6 nitrogen and oxygen atoms in total. The predicted molar refractivity (Wildman–Crippen MR) is 68.9 cm³/mol. The fraction of sp³-hybridized carbons (Fsp3) is 0.700. The summed E-state index contributed by atoms with van der Waals surface area (Å²) in [5.74, 6) is -0.199. The van der Waals surface area contributed by atoms with Crippen molar-refractivity contribution in [1.29, 1.82) is 5.26 Å². The van der Waals surface area contributed by atoms with Gasteiger partial charge in [-0.3, -0.25) is 4.79 Å². The molecule has 0 saturated carbocycles. The molecule has 2 aliphatic rings. The van der Waals surface area contributed by atoms with Crippen LogP contribution in [0.15, 0.2) is 4.99 Å². The molecular formula is C10H13N3O3S2. The summed E-state index contributed by atoms with van der Waals surface area (Å²) in [4.78, 5) is 17.1. The van der Waals surface area contributed by atoms with Crippen LogP contribution in [0.2, 0.25) is 0 Å². The Morgan fingerprint density at radius 1 is 1.61 bits per heavy atom. The van der Waals surface area contributed by atoms with E-state index in [1.807, 2.05) is 11.8 Å². The van der Waals surface area contributed by atoms with E-state index >= 15 is 0 Å². The van der Waals surface area contributed by atoms with Crippen LogP contribution in [0, 0.1) is 11.3 Å². The van der Waals surface area contributed by atoms with Gasteiger partial charge in [-0.2, -0.15) is 10.3 Å². The van der Waals surface area contributed by atoms with E-state index in [2.05, 4.69) is 4.99 Å². The Morgan fingerprint density at radius 2 is 2.33 bits per heavy atom. The minimum atomic E-state index is -2.97. The molecule has 2 heterocycles. The first-order valence-corrected chi connectivity index (χ1v) is 8.29. The van der Waals surface area contributed by atoms with E-state index in [1.165, 1.54) is 11.8 Å². The van der Waals surface area contributed by atoms with Gasteiger partial charge in [0.15, 0.2) is 15.0 Å². The molecule has 0 aliphatic carbocycles. The molecule has 2 aliphatic heterocycles. The number of carbonyl (C=O) groups excluding carboxylic acids is 1. The Balaban J connectivity index is 2.19.